The lowest BCUT2D eigenvalue weighted by Crippen LogP contribution is -2.17. The highest BCUT2D eigenvalue weighted by Crippen LogP contribution is 2.17. The molecule has 1 heterocycles. The Labute approximate surface area is 99.6 Å². The molecule has 0 saturated heterocycles. The Morgan fingerprint density at radius 2 is 2.33 bits per heavy atom. The maximum atomic E-state index is 5.43. The van der Waals surface area contributed by atoms with Crippen LogP contribution in [0, 0.1) is 19.3 Å². The number of rotatable bonds is 4. The van der Waals surface area contributed by atoms with E-state index in [4.69, 9.17) is 6.42 Å². The molecule has 0 saturated carbocycles. The predicted molar refractivity (Wildman–Crippen MR) is 67.8 cm³/mol. The van der Waals surface area contributed by atoms with E-state index in [1.165, 1.54) is 0 Å². The van der Waals surface area contributed by atoms with E-state index in [0.29, 0.717) is 0 Å². The summed E-state index contributed by atoms with van der Waals surface area (Å²) < 4.78 is 1.01. The lowest BCUT2D eigenvalue weighted by Gasteiger charge is -2.13. The predicted octanol–water partition coefficient (Wildman–Crippen LogP) is 3.37. The molecule has 15 heavy (non-hydrogen) atoms. The molecule has 0 amide bonds. The van der Waals surface area contributed by atoms with Crippen LogP contribution in [0.5, 0.6) is 0 Å². The number of terminal acetylenes is 1. The van der Waals surface area contributed by atoms with E-state index in [9.17, 15) is 0 Å². The summed E-state index contributed by atoms with van der Waals surface area (Å²) in [6.07, 6.45) is 7.46. The fraction of sp³-hybridized carbons (Fsp3) is 0.417. The van der Waals surface area contributed by atoms with E-state index in [0.717, 1.165) is 28.8 Å². The second kappa shape index (κ2) is 5.77. The number of nitrogens with zero attached hydrogens (tertiary/aromatic N) is 1. The molecule has 1 unspecified atom stereocenters. The van der Waals surface area contributed by atoms with Gasteiger partial charge < -0.3 is 5.32 Å². The normalized spacial score (nSPS) is 11.9. The summed E-state index contributed by atoms with van der Waals surface area (Å²) in [5.41, 5.74) is 0.965. The van der Waals surface area contributed by atoms with Gasteiger partial charge in [-0.2, -0.15) is 0 Å². The summed E-state index contributed by atoms with van der Waals surface area (Å²) in [5.74, 6) is 3.56. The SMILES string of the molecule is C#CC(CCC)Nc1ccc(Br)c(C)n1. The third-order valence-corrected chi connectivity index (χ3v) is 2.96. The van der Waals surface area contributed by atoms with Gasteiger partial charge in [0.25, 0.3) is 0 Å². The second-order valence-electron chi connectivity index (χ2n) is 3.42. The molecule has 1 atom stereocenters. The minimum atomic E-state index is 0.0723. The highest BCUT2D eigenvalue weighted by Gasteiger charge is 2.05. The van der Waals surface area contributed by atoms with Crippen molar-refractivity contribution in [3.63, 3.8) is 0 Å². The van der Waals surface area contributed by atoms with Crippen molar-refractivity contribution in [1.29, 1.82) is 0 Å². The number of aromatic nitrogens is 1. The van der Waals surface area contributed by atoms with Gasteiger partial charge in [-0.3, -0.25) is 0 Å². The molecular weight excluding hydrogens is 252 g/mol. The van der Waals surface area contributed by atoms with Gasteiger partial charge in [0.15, 0.2) is 0 Å². The minimum Gasteiger partial charge on any atom is -0.356 e. The zero-order valence-corrected chi connectivity index (χ0v) is 10.6. The first-order valence-electron chi connectivity index (χ1n) is 5.03. The van der Waals surface area contributed by atoms with Gasteiger partial charge in [0.05, 0.1) is 11.7 Å². The zero-order valence-electron chi connectivity index (χ0n) is 9.05. The molecule has 0 spiro atoms. The van der Waals surface area contributed by atoms with Gasteiger partial charge >= 0.3 is 0 Å². The molecule has 0 aliphatic heterocycles. The molecule has 1 rings (SSSR count). The van der Waals surface area contributed by atoms with Gasteiger partial charge in [-0.05, 0) is 41.4 Å². The lowest BCUT2D eigenvalue weighted by molar-refractivity contribution is 0.752. The minimum absolute atomic E-state index is 0.0723. The third kappa shape index (κ3) is 3.56. The molecule has 1 aromatic rings. The van der Waals surface area contributed by atoms with Crippen molar-refractivity contribution in [2.45, 2.75) is 32.7 Å². The quantitative estimate of drug-likeness (QED) is 0.846. The van der Waals surface area contributed by atoms with E-state index in [1.807, 2.05) is 19.1 Å². The van der Waals surface area contributed by atoms with E-state index in [1.54, 1.807) is 0 Å². The molecular formula is C12H15BrN2. The summed E-state index contributed by atoms with van der Waals surface area (Å²) >= 11 is 3.41. The van der Waals surface area contributed by atoms with Crippen LogP contribution in [0.25, 0.3) is 0 Å². The standard InChI is InChI=1S/C12H15BrN2/c1-4-6-10(5-2)15-12-8-7-11(13)9(3)14-12/h2,7-8,10H,4,6H2,1,3H3,(H,14,15). The molecule has 0 aromatic carbocycles. The van der Waals surface area contributed by atoms with Crippen LogP contribution in [0.3, 0.4) is 0 Å². The molecule has 0 bridgehead atoms. The van der Waals surface area contributed by atoms with Crippen LogP contribution in [0.4, 0.5) is 5.82 Å². The van der Waals surface area contributed by atoms with E-state index in [2.05, 4.69) is 39.1 Å². The topological polar surface area (TPSA) is 24.9 Å². The Hall–Kier alpha value is -1.01. The monoisotopic (exact) mass is 266 g/mol. The molecule has 0 aliphatic carbocycles. The van der Waals surface area contributed by atoms with Crippen molar-refractivity contribution in [3.8, 4) is 12.3 Å². The fourth-order valence-corrected chi connectivity index (χ4v) is 1.51. The smallest absolute Gasteiger partial charge is 0.127 e. The van der Waals surface area contributed by atoms with Gasteiger partial charge in [0.2, 0.25) is 0 Å². The molecule has 2 nitrogen and oxygen atoms in total. The summed E-state index contributed by atoms with van der Waals surface area (Å²) in [6, 6.07) is 3.98. The second-order valence-corrected chi connectivity index (χ2v) is 4.27. The van der Waals surface area contributed by atoms with Crippen molar-refractivity contribution in [2.24, 2.45) is 0 Å². The summed E-state index contributed by atoms with van der Waals surface area (Å²) in [7, 11) is 0. The fourth-order valence-electron chi connectivity index (χ4n) is 1.29. The highest BCUT2D eigenvalue weighted by molar-refractivity contribution is 9.10. The summed E-state index contributed by atoms with van der Waals surface area (Å²) in [6.45, 7) is 4.08. The number of pyridine rings is 1. The largest absolute Gasteiger partial charge is 0.356 e. The molecule has 1 N–H and O–H groups in total. The van der Waals surface area contributed by atoms with Crippen molar-refractivity contribution in [3.05, 3.63) is 22.3 Å². The van der Waals surface area contributed by atoms with Gasteiger partial charge in [0, 0.05) is 4.47 Å². The number of hydrogen-bond donors (Lipinski definition) is 1. The molecule has 80 valence electrons. The Bertz CT molecular complexity index is 368. The molecule has 0 aliphatic rings. The van der Waals surface area contributed by atoms with Crippen LogP contribution < -0.4 is 5.32 Å². The van der Waals surface area contributed by atoms with Crippen LogP contribution >= 0.6 is 15.9 Å². The Balaban J connectivity index is 2.72. The van der Waals surface area contributed by atoms with Crippen LogP contribution in [0.1, 0.15) is 25.5 Å². The van der Waals surface area contributed by atoms with Crippen molar-refractivity contribution in [1.82, 2.24) is 4.98 Å². The lowest BCUT2D eigenvalue weighted by atomic mass is 10.2. The van der Waals surface area contributed by atoms with Gasteiger partial charge in [-0.1, -0.05) is 19.3 Å². The number of aryl methyl sites for hydroxylation is 1. The van der Waals surface area contributed by atoms with Gasteiger partial charge in [0.1, 0.15) is 5.82 Å². The van der Waals surface area contributed by atoms with Crippen molar-refractivity contribution >= 4 is 21.7 Å². The Kier molecular flexibility index (Phi) is 4.64. The molecule has 3 heteroatoms. The van der Waals surface area contributed by atoms with Crippen LogP contribution in [0.2, 0.25) is 0 Å². The van der Waals surface area contributed by atoms with Crippen molar-refractivity contribution in [2.75, 3.05) is 5.32 Å². The van der Waals surface area contributed by atoms with Crippen LogP contribution in [-0.4, -0.2) is 11.0 Å². The molecule has 0 radical (unpaired) electrons. The number of hydrogen-bond acceptors (Lipinski definition) is 2. The summed E-state index contributed by atoms with van der Waals surface area (Å²) in [5, 5.41) is 3.23. The number of halogens is 1. The molecule has 1 aromatic heterocycles. The van der Waals surface area contributed by atoms with E-state index in [-0.39, 0.29) is 6.04 Å². The highest BCUT2D eigenvalue weighted by atomic mass is 79.9. The van der Waals surface area contributed by atoms with E-state index < -0.39 is 0 Å². The average molecular weight is 267 g/mol. The van der Waals surface area contributed by atoms with Crippen LogP contribution in [0.15, 0.2) is 16.6 Å². The first kappa shape index (κ1) is 12.1. The first-order valence-corrected chi connectivity index (χ1v) is 5.82. The number of anilines is 1. The first-order chi connectivity index (χ1) is 7.17. The maximum absolute atomic E-state index is 5.43. The number of nitrogens with one attached hydrogen (secondary N) is 1. The van der Waals surface area contributed by atoms with E-state index >= 15 is 0 Å². The Morgan fingerprint density at radius 3 is 2.87 bits per heavy atom. The van der Waals surface area contributed by atoms with Crippen LogP contribution in [-0.2, 0) is 0 Å². The average Bonchev–Trinajstić information content (AvgIpc) is 2.23. The Morgan fingerprint density at radius 1 is 1.60 bits per heavy atom. The maximum Gasteiger partial charge on any atom is 0.127 e. The summed E-state index contributed by atoms with van der Waals surface area (Å²) in [4.78, 5) is 4.39. The molecule has 0 fully saturated rings. The zero-order chi connectivity index (χ0) is 11.3. The van der Waals surface area contributed by atoms with Crippen molar-refractivity contribution < 1.29 is 0 Å². The third-order valence-electron chi connectivity index (χ3n) is 2.12. The van der Waals surface area contributed by atoms with Gasteiger partial charge in [-0.15, -0.1) is 6.42 Å². The van der Waals surface area contributed by atoms with Gasteiger partial charge in [-0.25, -0.2) is 4.98 Å².